The van der Waals surface area contributed by atoms with E-state index in [0.717, 1.165) is 5.56 Å². The van der Waals surface area contributed by atoms with E-state index in [1.54, 1.807) is 24.4 Å². The summed E-state index contributed by atoms with van der Waals surface area (Å²) in [5.74, 6) is -0.317. The van der Waals surface area contributed by atoms with E-state index in [0.29, 0.717) is 16.6 Å². The molecule has 0 aliphatic rings. The first kappa shape index (κ1) is 12.2. The molecule has 1 atom stereocenters. The molecular weight excluding hydrogens is 285 g/mol. The Kier molecular flexibility index (Phi) is 3.86. The summed E-state index contributed by atoms with van der Waals surface area (Å²) in [6.45, 7) is 0. The smallest absolute Gasteiger partial charge is 0.124 e. The third-order valence-corrected chi connectivity index (χ3v) is 2.84. The zero-order valence-electron chi connectivity index (χ0n) is 8.98. The number of rotatable bonds is 3. The average molecular weight is 296 g/mol. The van der Waals surface area contributed by atoms with Crippen LogP contribution in [0.25, 0.3) is 0 Å². The van der Waals surface area contributed by atoms with E-state index >= 15 is 0 Å². The first-order valence-electron chi connectivity index (χ1n) is 5.19. The summed E-state index contributed by atoms with van der Waals surface area (Å²) in [5.41, 5.74) is 1.32. The molecule has 2 aromatic rings. The minimum atomic E-state index is -0.718. The molecule has 17 heavy (non-hydrogen) atoms. The lowest BCUT2D eigenvalue weighted by Crippen LogP contribution is -2.04. The molecule has 0 saturated heterocycles. The van der Waals surface area contributed by atoms with Crippen LogP contribution in [0.2, 0.25) is 0 Å². The van der Waals surface area contributed by atoms with Gasteiger partial charge in [-0.3, -0.25) is 4.98 Å². The van der Waals surface area contributed by atoms with Crippen LogP contribution in [0.5, 0.6) is 0 Å². The number of pyridine rings is 1. The summed E-state index contributed by atoms with van der Waals surface area (Å²) in [5, 5.41) is 9.96. The van der Waals surface area contributed by atoms with Crippen molar-refractivity contribution in [2.24, 2.45) is 0 Å². The highest BCUT2D eigenvalue weighted by Crippen LogP contribution is 2.20. The highest BCUT2D eigenvalue weighted by molar-refractivity contribution is 9.10. The molecule has 88 valence electrons. The van der Waals surface area contributed by atoms with Gasteiger partial charge in [-0.25, -0.2) is 4.39 Å². The largest absolute Gasteiger partial charge is 0.386 e. The van der Waals surface area contributed by atoms with Gasteiger partial charge in [0.25, 0.3) is 0 Å². The monoisotopic (exact) mass is 295 g/mol. The third-order valence-electron chi connectivity index (χ3n) is 2.38. The standard InChI is InChI=1S/C13H11BrFNO/c14-10-5-9(6-11(15)8-10)7-13(17)12-3-1-2-4-16-12/h1-6,8,13,17H,7H2. The van der Waals surface area contributed by atoms with Gasteiger partial charge < -0.3 is 5.11 Å². The van der Waals surface area contributed by atoms with Crippen molar-refractivity contribution in [2.45, 2.75) is 12.5 Å². The summed E-state index contributed by atoms with van der Waals surface area (Å²) in [4.78, 5) is 4.06. The molecule has 0 saturated carbocycles. The van der Waals surface area contributed by atoms with Crippen molar-refractivity contribution in [3.05, 3.63) is 64.1 Å². The SMILES string of the molecule is OC(Cc1cc(F)cc(Br)c1)c1ccccn1. The van der Waals surface area contributed by atoms with Gasteiger partial charge in [0.1, 0.15) is 5.82 Å². The Hall–Kier alpha value is -1.26. The Morgan fingerprint density at radius 1 is 1.29 bits per heavy atom. The number of aliphatic hydroxyl groups excluding tert-OH is 1. The molecule has 1 N–H and O–H groups in total. The lowest BCUT2D eigenvalue weighted by molar-refractivity contribution is 0.173. The zero-order valence-corrected chi connectivity index (χ0v) is 10.6. The number of benzene rings is 1. The van der Waals surface area contributed by atoms with Crippen molar-refractivity contribution >= 4 is 15.9 Å². The number of nitrogens with zero attached hydrogens (tertiary/aromatic N) is 1. The number of hydrogen-bond acceptors (Lipinski definition) is 2. The maximum Gasteiger partial charge on any atom is 0.124 e. The van der Waals surface area contributed by atoms with E-state index in [4.69, 9.17) is 0 Å². The predicted octanol–water partition coefficient (Wildman–Crippen LogP) is 3.26. The number of aromatic nitrogens is 1. The second kappa shape index (κ2) is 5.38. The third kappa shape index (κ3) is 3.35. The van der Waals surface area contributed by atoms with Gasteiger partial charge >= 0.3 is 0 Å². The molecule has 1 heterocycles. The summed E-state index contributed by atoms with van der Waals surface area (Å²) in [7, 11) is 0. The lowest BCUT2D eigenvalue weighted by Gasteiger charge is -2.10. The summed E-state index contributed by atoms with van der Waals surface area (Å²) >= 11 is 3.22. The van der Waals surface area contributed by atoms with E-state index in [1.165, 1.54) is 12.1 Å². The van der Waals surface area contributed by atoms with Gasteiger partial charge in [-0.15, -0.1) is 0 Å². The van der Waals surface area contributed by atoms with Crippen LogP contribution < -0.4 is 0 Å². The Bertz CT molecular complexity index is 484. The molecule has 0 radical (unpaired) electrons. The van der Waals surface area contributed by atoms with E-state index in [-0.39, 0.29) is 5.82 Å². The molecule has 0 amide bonds. The van der Waals surface area contributed by atoms with Crippen LogP contribution in [0.1, 0.15) is 17.4 Å². The highest BCUT2D eigenvalue weighted by atomic mass is 79.9. The second-order valence-corrected chi connectivity index (χ2v) is 4.67. The van der Waals surface area contributed by atoms with Crippen molar-refractivity contribution in [1.29, 1.82) is 0 Å². The molecule has 2 rings (SSSR count). The van der Waals surface area contributed by atoms with E-state index in [2.05, 4.69) is 20.9 Å². The number of hydrogen-bond donors (Lipinski definition) is 1. The Morgan fingerprint density at radius 2 is 2.12 bits per heavy atom. The summed E-state index contributed by atoms with van der Waals surface area (Å²) < 4.78 is 13.8. The van der Waals surface area contributed by atoms with Gasteiger partial charge in [0.05, 0.1) is 11.8 Å². The second-order valence-electron chi connectivity index (χ2n) is 3.75. The maximum atomic E-state index is 13.2. The zero-order chi connectivity index (χ0) is 12.3. The van der Waals surface area contributed by atoms with E-state index in [9.17, 15) is 9.50 Å². The molecule has 0 fully saturated rings. The van der Waals surface area contributed by atoms with Crippen LogP contribution in [0.4, 0.5) is 4.39 Å². The first-order chi connectivity index (χ1) is 8.15. The summed E-state index contributed by atoms with van der Waals surface area (Å²) in [6, 6.07) is 9.93. The number of halogens is 2. The Balaban J connectivity index is 2.16. The van der Waals surface area contributed by atoms with Crippen LogP contribution >= 0.6 is 15.9 Å². The van der Waals surface area contributed by atoms with Crippen LogP contribution in [-0.4, -0.2) is 10.1 Å². The molecule has 0 aliphatic carbocycles. The normalized spacial score (nSPS) is 12.4. The van der Waals surface area contributed by atoms with Crippen LogP contribution in [0.3, 0.4) is 0 Å². The quantitative estimate of drug-likeness (QED) is 0.943. The lowest BCUT2D eigenvalue weighted by atomic mass is 10.1. The van der Waals surface area contributed by atoms with E-state index < -0.39 is 6.10 Å². The minimum Gasteiger partial charge on any atom is -0.386 e. The van der Waals surface area contributed by atoms with Crippen molar-refractivity contribution in [2.75, 3.05) is 0 Å². The van der Waals surface area contributed by atoms with Crippen LogP contribution in [0.15, 0.2) is 47.1 Å². The van der Waals surface area contributed by atoms with Crippen molar-refractivity contribution in [3.63, 3.8) is 0 Å². The molecule has 1 unspecified atom stereocenters. The fourth-order valence-electron chi connectivity index (χ4n) is 1.63. The molecule has 0 spiro atoms. The van der Waals surface area contributed by atoms with Gasteiger partial charge in [0.15, 0.2) is 0 Å². The molecule has 0 aliphatic heterocycles. The van der Waals surface area contributed by atoms with Gasteiger partial charge in [0.2, 0.25) is 0 Å². The van der Waals surface area contributed by atoms with Crippen LogP contribution in [-0.2, 0) is 6.42 Å². The van der Waals surface area contributed by atoms with Crippen molar-refractivity contribution < 1.29 is 9.50 Å². The topological polar surface area (TPSA) is 33.1 Å². The van der Waals surface area contributed by atoms with Gasteiger partial charge in [0, 0.05) is 17.1 Å². The molecule has 1 aromatic heterocycles. The molecular formula is C13H11BrFNO. The fraction of sp³-hybridized carbons (Fsp3) is 0.154. The fourth-order valence-corrected chi connectivity index (χ4v) is 2.14. The number of aliphatic hydroxyl groups is 1. The maximum absolute atomic E-state index is 13.2. The average Bonchev–Trinajstić information content (AvgIpc) is 2.28. The van der Waals surface area contributed by atoms with Gasteiger partial charge in [-0.1, -0.05) is 22.0 Å². The molecule has 4 heteroatoms. The first-order valence-corrected chi connectivity index (χ1v) is 5.98. The molecule has 2 nitrogen and oxygen atoms in total. The van der Waals surface area contributed by atoms with Crippen molar-refractivity contribution in [1.82, 2.24) is 4.98 Å². The van der Waals surface area contributed by atoms with Gasteiger partial charge in [-0.2, -0.15) is 0 Å². The van der Waals surface area contributed by atoms with Crippen molar-refractivity contribution in [3.8, 4) is 0 Å². The van der Waals surface area contributed by atoms with Gasteiger partial charge in [-0.05, 0) is 35.9 Å². The molecule has 0 bridgehead atoms. The predicted molar refractivity (Wildman–Crippen MR) is 67.0 cm³/mol. The Labute approximate surface area is 107 Å². The van der Waals surface area contributed by atoms with E-state index in [1.807, 2.05) is 6.07 Å². The minimum absolute atomic E-state index is 0.317. The summed E-state index contributed by atoms with van der Waals surface area (Å²) in [6.07, 6.45) is 1.25. The van der Waals surface area contributed by atoms with Crippen LogP contribution in [0, 0.1) is 5.82 Å². The molecule has 1 aromatic carbocycles. The highest BCUT2D eigenvalue weighted by Gasteiger charge is 2.10. The Morgan fingerprint density at radius 3 is 2.76 bits per heavy atom.